The van der Waals surface area contributed by atoms with E-state index in [1.165, 1.54) is 11.3 Å². The Morgan fingerprint density at radius 3 is 1.89 bits per heavy atom. The summed E-state index contributed by atoms with van der Waals surface area (Å²) in [5.41, 5.74) is 3.59. The monoisotopic (exact) mass is 482 g/mol. The van der Waals surface area contributed by atoms with E-state index in [0.29, 0.717) is 16.7 Å². The molecule has 36 heavy (non-hydrogen) atoms. The highest BCUT2D eigenvalue weighted by atomic mass is 32.1. The predicted octanol–water partition coefficient (Wildman–Crippen LogP) is 7.71. The van der Waals surface area contributed by atoms with Crippen molar-refractivity contribution in [2.24, 2.45) is 0 Å². The van der Waals surface area contributed by atoms with Gasteiger partial charge in [-0.2, -0.15) is 5.26 Å². The minimum atomic E-state index is -0.234. The number of thiophene rings is 1. The minimum absolute atomic E-state index is 0.193. The second-order valence-electron chi connectivity index (χ2n) is 8.47. The van der Waals surface area contributed by atoms with Crippen molar-refractivity contribution in [1.82, 2.24) is 0 Å². The molecule has 4 nitrogen and oxygen atoms in total. The number of carbonyl (C=O) groups excluding carboxylic acids is 2. The van der Waals surface area contributed by atoms with Crippen molar-refractivity contribution in [2.45, 2.75) is 0 Å². The molecule has 4 aromatic carbocycles. The van der Waals surface area contributed by atoms with Gasteiger partial charge >= 0.3 is 0 Å². The lowest BCUT2D eigenvalue weighted by Crippen LogP contribution is -2.08. The van der Waals surface area contributed by atoms with E-state index in [2.05, 4.69) is 11.0 Å². The third-order valence-corrected chi connectivity index (χ3v) is 7.27. The summed E-state index contributed by atoms with van der Waals surface area (Å²) in [5, 5.41) is 12.0. The maximum Gasteiger partial charge on any atom is 0.197 e. The second-order valence-corrected chi connectivity index (χ2v) is 9.56. The van der Waals surface area contributed by atoms with Gasteiger partial charge in [-0.15, -0.1) is 11.3 Å². The van der Waals surface area contributed by atoms with Crippen LogP contribution in [0.5, 0.6) is 0 Å². The first-order valence-corrected chi connectivity index (χ1v) is 12.2. The van der Waals surface area contributed by atoms with Crippen LogP contribution in [0, 0.1) is 11.3 Å². The summed E-state index contributed by atoms with van der Waals surface area (Å²) in [7, 11) is 0. The number of nitrogens with zero attached hydrogens (tertiary/aromatic N) is 2. The smallest absolute Gasteiger partial charge is 0.197 e. The summed E-state index contributed by atoms with van der Waals surface area (Å²) in [5.74, 6) is -0.467. The normalized spacial score (nSPS) is 12.5. The van der Waals surface area contributed by atoms with E-state index < -0.39 is 0 Å². The molecule has 0 saturated heterocycles. The van der Waals surface area contributed by atoms with Crippen molar-refractivity contribution in [2.75, 3.05) is 4.90 Å². The van der Waals surface area contributed by atoms with Crippen LogP contribution in [0.4, 0.5) is 16.4 Å². The van der Waals surface area contributed by atoms with Crippen LogP contribution in [0.3, 0.4) is 0 Å². The average Bonchev–Trinajstić information content (AvgIpc) is 3.47. The number of hydrogen-bond acceptors (Lipinski definition) is 5. The molecule has 0 fully saturated rings. The van der Waals surface area contributed by atoms with Crippen LogP contribution in [0.25, 0.3) is 16.8 Å². The van der Waals surface area contributed by atoms with E-state index in [9.17, 15) is 14.9 Å². The van der Waals surface area contributed by atoms with E-state index in [1.807, 2.05) is 91.0 Å². The van der Waals surface area contributed by atoms with Crippen LogP contribution < -0.4 is 4.90 Å². The van der Waals surface area contributed by atoms with Crippen molar-refractivity contribution < 1.29 is 9.59 Å². The SMILES string of the molecule is N#Cc1ccc(N(c2ccccc2)c2ccc(C=C3C(=O)c4cc5ccccc5cc4C3=O)s2)cc1. The Hall–Kier alpha value is -4.79. The number of para-hydroxylation sites is 1. The highest BCUT2D eigenvalue weighted by molar-refractivity contribution is 7.17. The summed E-state index contributed by atoms with van der Waals surface area (Å²) < 4.78 is 0. The molecule has 0 spiro atoms. The molecule has 5 aromatic rings. The lowest BCUT2D eigenvalue weighted by atomic mass is 10.0. The maximum absolute atomic E-state index is 13.2. The van der Waals surface area contributed by atoms with Crippen LogP contribution >= 0.6 is 11.3 Å². The van der Waals surface area contributed by atoms with Crippen LogP contribution in [0.15, 0.2) is 109 Å². The Morgan fingerprint density at radius 1 is 0.694 bits per heavy atom. The molecule has 6 rings (SSSR count). The number of benzene rings is 4. The van der Waals surface area contributed by atoms with Crippen molar-refractivity contribution in [3.05, 3.63) is 130 Å². The molecule has 5 heteroatoms. The van der Waals surface area contributed by atoms with Gasteiger partial charge in [-0.05, 0) is 77.5 Å². The van der Waals surface area contributed by atoms with E-state index in [-0.39, 0.29) is 17.1 Å². The third kappa shape index (κ3) is 3.70. The molecule has 1 aliphatic rings. The molecule has 0 aliphatic heterocycles. The second kappa shape index (κ2) is 8.77. The van der Waals surface area contributed by atoms with Gasteiger partial charge < -0.3 is 4.90 Å². The van der Waals surface area contributed by atoms with Gasteiger partial charge in [0.05, 0.1) is 17.2 Å². The topological polar surface area (TPSA) is 61.2 Å². The van der Waals surface area contributed by atoms with Gasteiger partial charge in [-0.25, -0.2) is 0 Å². The van der Waals surface area contributed by atoms with Crippen molar-refractivity contribution in [3.63, 3.8) is 0 Å². The fraction of sp³-hybridized carbons (Fsp3) is 0. The molecule has 0 saturated carbocycles. The Kier molecular flexibility index (Phi) is 5.29. The first kappa shape index (κ1) is 21.7. The number of carbonyl (C=O) groups is 2. The van der Waals surface area contributed by atoms with Crippen LogP contribution in [-0.2, 0) is 0 Å². The molecular weight excluding hydrogens is 464 g/mol. The van der Waals surface area contributed by atoms with Crippen molar-refractivity contribution >= 4 is 56.1 Å². The molecule has 0 bridgehead atoms. The zero-order valence-electron chi connectivity index (χ0n) is 19.0. The first-order chi connectivity index (χ1) is 17.6. The number of anilines is 3. The predicted molar refractivity (Wildman–Crippen MR) is 144 cm³/mol. The molecule has 0 atom stereocenters. The van der Waals surface area contributed by atoms with Gasteiger partial charge in [0.1, 0.15) is 5.00 Å². The number of ketones is 2. The molecule has 0 amide bonds. The van der Waals surface area contributed by atoms with E-state index in [4.69, 9.17) is 0 Å². The van der Waals surface area contributed by atoms with Gasteiger partial charge in [-0.1, -0.05) is 42.5 Å². The number of nitriles is 1. The lowest BCUT2D eigenvalue weighted by Gasteiger charge is -2.23. The van der Waals surface area contributed by atoms with Gasteiger partial charge in [0.15, 0.2) is 11.6 Å². The zero-order chi connectivity index (χ0) is 24.6. The highest BCUT2D eigenvalue weighted by Crippen LogP contribution is 2.40. The molecule has 0 radical (unpaired) electrons. The highest BCUT2D eigenvalue weighted by Gasteiger charge is 2.33. The van der Waals surface area contributed by atoms with E-state index in [0.717, 1.165) is 32.0 Å². The summed E-state index contributed by atoms with van der Waals surface area (Å²) >= 11 is 1.49. The molecule has 170 valence electrons. The Bertz CT molecular complexity index is 1670. The van der Waals surface area contributed by atoms with E-state index >= 15 is 0 Å². The molecule has 1 heterocycles. The quantitative estimate of drug-likeness (QED) is 0.194. The molecule has 0 unspecified atom stereocenters. The van der Waals surface area contributed by atoms with E-state index in [1.54, 1.807) is 18.2 Å². The summed E-state index contributed by atoms with van der Waals surface area (Å²) in [4.78, 5) is 29.3. The van der Waals surface area contributed by atoms with Crippen molar-refractivity contribution in [3.8, 4) is 6.07 Å². The standard InChI is InChI=1S/C31H18N2O2S/c32-19-20-10-12-24(13-11-20)33(23-8-2-1-3-9-23)29-15-14-25(36-29)18-28-30(34)26-16-21-6-4-5-7-22(21)17-27(26)31(28)35/h1-18H. The summed E-state index contributed by atoms with van der Waals surface area (Å²) in [6.07, 6.45) is 1.70. The molecule has 1 aromatic heterocycles. The Morgan fingerprint density at radius 2 is 1.28 bits per heavy atom. The number of fused-ring (bicyclic) bond motifs is 2. The number of rotatable bonds is 4. The lowest BCUT2D eigenvalue weighted by molar-refractivity contribution is 0.0990. The van der Waals surface area contributed by atoms with Crippen molar-refractivity contribution in [1.29, 1.82) is 5.26 Å². The zero-order valence-corrected chi connectivity index (χ0v) is 19.8. The van der Waals surface area contributed by atoms with Gasteiger partial charge in [0.25, 0.3) is 0 Å². The van der Waals surface area contributed by atoms with Crippen LogP contribution in [-0.4, -0.2) is 11.6 Å². The minimum Gasteiger partial charge on any atom is -0.302 e. The largest absolute Gasteiger partial charge is 0.302 e. The van der Waals surface area contributed by atoms with Crippen LogP contribution in [0.2, 0.25) is 0 Å². The fourth-order valence-corrected chi connectivity index (χ4v) is 5.48. The number of hydrogen-bond donors (Lipinski definition) is 0. The van der Waals surface area contributed by atoms with Crippen LogP contribution in [0.1, 0.15) is 31.2 Å². The Labute approximate surface area is 212 Å². The summed E-state index contributed by atoms with van der Waals surface area (Å²) in [6.45, 7) is 0. The Balaban J connectivity index is 1.39. The number of Topliss-reactive ketones (excluding diaryl/α,β-unsaturated/α-hetero) is 2. The average molecular weight is 483 g/mol. The molecule has 0 N–H and O–H groups in total. The van der Waals surface area contributed by atoms with Gasteiger partial charge in [0, 0.05) is 27.4 Å². The first-order valence-electron chi connectivity index (χ1n) is 11.4. The maximum atomic E-state index is 13.2. The molecule has 1 aliphatic carbocycles. The summed E-state index contributed by atoms with van der Waals surface area (Å²) in [6, 6.07) is 34.8. The number of allylic oxidation sites excluding steroid dienone is 1. The molecular formula is C31H18N2O2S. The fourth-order valence-electron chi connectivity index (χ4n) is 4.49. The van der Waals surface area contributed by atoms with Gasteiger partial charge in [-0.3, -0.25) is 9.59 Å². The van der Waals surface area contributed by atoms with Gasteiger partial charge in [0.2, 0.25) is 0 Å². The third-order valence-electron chi connectivity index (χ3n) is 6.25.